The molecule has 1 unspecified atom stereocenters. The quantitative estimate of drug-likeness (QED) is 0.833. The lowest BCUT2D eigenvalue weighted by Gasteiger charge is -2.00. The Bertz CT molecular complexity index is 460. The average Bonchev–Trinajstić information content (AvgIpc) is 3.01. The average molecular weight is 215 g/mol. The maximum absolute atomic E-state index is 5.34. The molecule has 16 heavy (non-hydrogen) atoms. The van der Waals surface area contributed by atoms with E-state index >= 15 is 0 Å². The van der Waals surface area contributed by atoms with Crippen molar-refractivity contribution in [3.63, 3.8) is 0 Å². The summed E-state index contributed by atoms with van der Waals surface area (Å²) in [5, 5.41) is 7.24. The van der Waals surface area contributed by atoms with Gasteiger partial charge in [0.05, 0.1) is 6.61 Å². The first-order valence-corrected chi connectivity index (χ1v) is 5.49. The molecule has 2 heterocycles. The van der Waals surface area contributed by atoms with E-state index < -0.39 is 0 Å². The normalized spacial score (nSPS) is 20.1. The fraction of sp³-hybridized carbons (Fsp3) is 0.333. The van der Waals surface area contributed by atoms with Crippen LogP contribution in [0.25, 0.3) is 11.4 Å². The molecule has 1 N–H and O–H groups in total. The van der Waals surface area contributed by atoms with Gasteiger partial charge in [0.2, 0.25) is 0 Å². The molecule has 0 amide bonds. The van der Waals surface area contributed by atoms with Gasteiger partial charge in [-0.15, -0.1) is 0 Å². The van der Waals surface area contributed by atoms with Crippen LogP contribution in [0.15, 0.2) is 30.3 Å². The maximum Gasteiger partial charge on any atom is 0.181 e. The largest absolute Gasteiger partial charge is 0.381 e. The summed E-state index contributed by atoms with van der Waals surface area (Å²) in [6, 6.07) is 9.99. The Kier molecular flexibility index (Phi) is 2.42. The Hall–Kier alpha value is -1.68. The van der Waals surface area contributed by atoms with E-state index in [1.54, 1.807) is 0 Å². The van der Waals surface area contributed by atoms with Crippen molar-refractivity contribution >= 4 is 0 Å². The topological polar surface area (TPSA) is 50.8 Å². The third-order valence-corrected chi connectivity index (χ3v) is 2.85. The van der Waals surface area contributed by atoms with E-state index in [0.29, 0.717) is 5.92 Å². The summed E-state index contributed by atoms with van der Waals surface area (Å²) in [6.07, 6.45) is 1.03. The lowest BCUT2D eigenvalue weighted by atomic mass is 10.1. The van der Waals surface area contributed by atoms with Crippen molar-refractivity contribution in [3.8, 4) is 11.4 Å². The first-order valence-electron chi connectivity index (χ1n) is 5.49. The number of hydrogen-bond acceptors (Lipinski definition) is 3. The van der Waals surface area contributed by atoms with Gasteiger partial charge in [-0.2, -0.15) is 5.10 Å². The van der Waals surface area contributed by atoms with Crippen LogP contribution in [-0.2, 0) is 4.74 Å². The predicted octanol–water partition coefficient (Wildman–Crippen LogP) is 1.98. The molecule has 0 saturated carbocycles. The number of hydrogen-bond donors (Lipinski definition) is 1. The number of aromatic nitrogens is 3. The van der Waals surface area contributed by atoms with Crippen LogP contribution in [0.4, 0.5) is 0 Å². The number of ether oxygens (including phenoxy) is 1. The molecule has 82 valence electrons. The zero-order valence-electron chi connectivity index (χ0n) is 8.89. The van der Waals surface area contributed by atoms with Gasteiger partial charge in [-0.3, -0.25) is 5.10 Å². The molecule has 1 aromatic carbocycles. The molecule has 0 aliphatic carbocycles. The van der Waals surface area contributed by atoms with Gasteiger partial charge in [0, 0.05) is 18.1 Å². The molecule has 1 atom stereocenters. The summed E-state index contributed by atoms with van der Waals surface area (Å²) in [7, 11) is 0. The SMILES string of the molecule is c1ccc(-c2n[nH]c(C3CCOC3)n2)cc1. The van der Waals surface area contributed by atoms with Crippen molar-refractivity contribution in [1.82, 2.24) is 15.2 Å². The molecule has 1 aliphatic heterocycles. The van der Waals surface area contributed by atoms with Gasteiger partial charge >= 0.3 is 0 Å². The molecule has 1 aromatic heterocycles. The first kappa shape index (κ1) is 9.54. The minimum absolute atomic E-state index is 0.380. The van der Waals surface area contributed by atoms with E-state index in [1.807, 2.05) is 30.3 Å². The highest BCUT2D eigenvalue weighted by atomic mass is 16.5. The lowest BCUT2D eigenvalue weighted by molar-refractivity contribution is 0.193. The summed E-state index contributed by atoms with van der Waals surface area (Å²) in [4.78, 5) is 4.52. The fourth-order valence-electron chi connectivity index (χ4n) is 1.92. The number of benzene rings is 1. The minimum Gasteiger partial charge on any atom is -0.381 e. The molecule has 4 nitrogen and oxygen atoms in total. The van der Waals surface area contributed by atoms with Crippen LogP contribution < -0.4 is 0 Å². The maximum atomic E-state index is 5.34. The van der Waals surface area contributed by atoms with Crippen LogP contribution in [0.5, 0.6) is 0 Å². The van der Waals surface area contributed by atoms with Crippen LogP contribution in [0.1, 0.15) is 18.2 Å². The van der Waals surface area contributed by atoms with E-state index in [4.69, 9.17) is 4.74 Å². The van der Waals surface area contributed by atoms with E-state index in [1.165, 1.54) is 0 Å². The van der Waals surface area contributed by atoms with Gasteiger partial charge in [0.15, 0.2) is 5.82 Å². The second-order valence-electron chi connectivity index (χ2n) is 3.97. The zero-order chi connectivity index (χ0) is 10.8. The molecule has 4 heteroatoms. The second-order valence-corrected chi connectivity index (χ2v) is 3.97. The summed E-state index contributed by atoms with van der Waals surface area (Å²) >= 11 is 0. The summed E-state index contributed by atoms with van der Waals surface area (Å²) in [5.74, 6) is 2.09. The Morgan fingerprint density at radius 1 is 1.25 bits per heavy atom. The van der Waals surface area contributed by atoms with Gasteiger partial charge in [-0.1, -0.05) is 30.3 Å². The second kappa shape index (κ2) is 4.06. The molecule has 0 bridgehead atoms. The third-order valence-electron chi connectivity index (χ3n) is 2.85. The van der Waals surface area contributed by atoms with Crippen LogP contribution in [-0.4, -0.2) is 28.4 Å². The molecular weight excluding hydrogens is 202 g/mol. The molecule has 1 fully saturated rings. The van der Waals surface area contributed by atoms with E-state index in [2.05, 4.69) is 15.2 Å². The molecule has 2 aromatic rings. The number of H-pyrrole nitrogens is 1. The van der Waals surface area contributed by atoms with Crippen LogP contribution in [0.2, 0.25) is 0 Å². The zero-order valence-corrected chi connectivity index (χ0v) is 8.89. The monoisotopic (exact) mass is 215 g/mol. The highest BCUT2D eigenvalue weighted by Crippen LogP contribution is 2.23. The first-order chi connectivity index (χ1) is 7.93. The molecule has 1 saturated heterocycles. The van der Waals surface area contributed by atoms with E-state index in [9.17, 15) is 0 Å². The highest BCUT2D eigenvalue weighted by Gasteiger charge is 2.21. The van der Waals surface area contributed by atoms with Gasteiger partial charge in [-0.25, -0.2) is 4.98 Å². The van der Waals surface area contributed by atoms with Crippen LogP contribution in [0, 0.1) is 0 Å². The summed E-state index contributed by atoms with van der Waals surface area (Å²) in [5.41, 5.74) is 1.05. The van der Waals surface area contributed by atoms with Gasteiger partial charge in [-0.05, 0) is 6.42 Å². The molecule has 3 rings (SSSR count). The van der Waals surface area contributed by atoms with Crippen molar-refractivity contribution in [2.75, 3.05) is 13.2 Å². The predicted molar refractivity (Wildman–Crippen MR) is 60.0 cm³/mol. The van der Waals surface area contributed by atoms with Gasteiger partial charge in [0.25, 0.3) is 0 Å². The van der Waals surface area contributed by atoms with Crippen LogP contribution >= 0.6 is 0 Å². The Labute approximate surface area is 93.7 Å². The van der Waals surface area contributed by atoms with Crippen molar-refractivity contribution in [2.24, 2.45) is 0 Å². The summed E-state index contributed by atoms with van der Waals surface area (Å²) < 4.78 is 5.34. The van der Waals surface area contributed by atoms with Crippen molar-refractivity contribution in [1.29, 1.82) is 0 Å². The number of aromatic amines is 1. The number of rotatable bonds is 2. The highest BCUT2D eigenvalue weighted by molar-refractivity contribution is 5.53. The van der Waals surface area contributed by atoms with E-state index in [-0.39, 0.29) is 0 Å². The minimum atomic E-state index is 0.380. The third kappa shape index (κ3) is 1.72. The molecular formula is C12H13N3O. The van der Waals surface area contributed by atoms with Crippen molar-refractivity contribution < 1.29 is 4.74 Å². The van der Waals surface area contributed by atoms with Crippen LogP contribution in [0.3, 0.4) is 0 Å². The Morgan fingerprint density at radius 2 is 2.12 bits per heavy atom. The number of nitrogens with zero attached hydrogens (tertiary/aromatic N) is 2. The van der Waals surface area contributed by atoms with Gasteiger partial charge < -0.3 is 4.74 Å². The Morgan fingerprint density at radius 3 is 2.88 bits per heavy atom. The fourth-order valence-corrected chi connectivity index (χ4v) is 1.92. The number of nitrogens with one attached hydrogen (secondary N) is 1. The smallest absolute Gasteiger partial charge is 0.181 e. The van der Waals surface area contributed by atoms with E-state index in [0.717, 1.165) is 36.8 Å². The van der Waals surface area contributed by atoms with Gasteiger partial charge in [0.1, 0.15) is 5.82 Å². The molecule has 0 radical (unpaired) electrons. The molecule has 1 aliphatic rings. The standard InChI is InChI=1S/C12H13N3O/c1-2-4-9(5-3-1)11-13-12(15-14-11)10-6-7-16-8-10/h1-5,10H,6-8H2,(H,13,14,15). The van der Waals surface area contributed by atoms with Crippen molar-refractivity contribution in [3.05, 3.63) is 36.2 Å². The summed E-state index contributed by atoms with van der Waals surface area (Å²) in [6.45, 7) is 1.58. The molecule has 0 spiro atoms. The Balaban J connectivity index is 1.87. The van der Waals surface area contributed by atoms with Crippen molar-refractivity contribution in [2.45, 2.75) is 12.3 Å². The lowest BCUT2D eigenvalue weighted by Crippen LogP contribution is -1.99.